The minimum absolute atomic E-state index is 0.157. The lowest BCUT2D eigenvalue weighted by atomic mass is 10.1. The van der Waals surface area contributed by atoms with Crippen molar-refractivity contribution in [2.24, 2.45) is 0 Å². The molecule has 172 valence electrons. The van der Waals surface area contributed by atoms with E-state index in [0.717, 1.165) is 0 Å². The van der Waals surface area contributed by atoms with Gasteiger partial charge in [0.25, 0.3) is 0 Å². The lowest BCUT2D eigenvalue weighted by molar-refractivity contribution is 0.0698. The number of halogens is 1. The number of carbonyl (C=O) groups is 1. The summed E-state index contributed by atoms with van der Waals surface area (Å²) in [5.41, 5.74) is 4.10. The van der Waals surface area contributed by atoms with E-state index in [0.29, 0.717) is 54.3 Å². The van der Waals surface area contributed by atoms with Crippen molar-refractivity contribution >= 4 is 28.5 Å². The quantitative estimate of drug-likeness (QED) is 0.418. The van der Waals surface area contributed by atoms with Crippen LogP contribution in [0.4, 0.5) is 16.0 Å². The van der Waals surface area contributed by atoms with Gasteiger partial charge in [-0.3, -0.25) is 4.79 Å². The number of carboxylic acids is 1. The third kappa shape index (κ3) is 3.90. The van der Waals surface area contributed by atoms with Gasteiger partial charge in [0.2, 0.25) is 5.88 Å². The molecule has 0 saturated carbocycles. The number of anilines is 2. The summed E-state index contributed by atoms with van der Waals surface area (Å²) >= 11 is 0. The second-order valence-corrected chi connectivity index (χ2v) is 8.46. The molecule has 0 saturated heterocycles. The molecule has 5 rings (SSSR count). The van der Waals surface area contributed by atoms with E-state index in [4.69, 9.17) is 4.42 Å². The summed E-state index contributed by atoms with van der Waals surface area (Å²) in [6.07, 6.45) is 0.341. The number of hydrogen-bond donors (Lipinski definition) is 2. The van der Waals surface area contributed by atoms with Gasteiger partial charge in [-0.1, -0.05) is 36.4 Å². The minimum atomic E-state index is -1.03. The van der Waals surface area contributed by atoms with Gasteiger partial charge in [-0.25, -0.2) is 9.18 Å². The van der Waals surface area contributed by atoms with Crippen molar-refractivity contribution in [2.45, 2.75) is 26.4 Å². The van der Waals surface area contributed by atoms with E-state index in [-0.39, 0.29) is 16.4 Å². The van der Waals surface area contributed by atoms with Gasteiger partial charge in [-0.05, 0) is 48.7 Å². The third-order valence-corrected chi connectivity index (χ3v) is 6.23. The maximum atomic E-state index is 14.4. The Morgan fingerprint density at radius 3 is 2.47 bits per heavy atom. The van der Waals surface area contributed by atoms with Crippen LogP contribution in [-0.2, 0) is 19.5 Å². The van der Waals surface area contributed by atoms with Gasteiger partial charge >= 0.3 is 5.97 Å². The number of nitrogens with one attached hydrogen (secondary N) is 1. The monoisotopic (exact) mass is 458 g/mol. The summed E-state index contributed by atoms with van der Waals surface area (Å²) in [6.45, 7) is 3.31. The molecular weight excluding hydrogens is 435 g/mol. The predicted molar refractivity (Wildman–Crippen MR) is 129 cm³/mol. The molecule has 2 N–H and O–H groups in total. The van der Waals surface area contributed by atoms with Gasteiger partial charge in [0, 0.05) is 30.9 Å². The Kier molecular flexibility index (Phi) is 5.53. The summed E-state index contributed by atoms with van der Waals surface area (Å²) in [4.78, 5) is 26.6. The molecule has 0 bridgehead atoms. The summed E-state index contributed by atoms with van der Waals surface area (Å²) in [5.74, 6) is -1.05. The van der Waals surface area contributed by atoms with E-state index in [1.807, 2.05) is 17.0 Å². The number of aromatic carboxylic acids is 1. The molecule has 2 heterocycles. The van der Waals surface area contributed by atoms with E-state index in [2.05, 4.69) is 17.4 Å². The zero-order valence-electron chi connectivity index (χ0n) is 18.6. The average Bonchev–Trinajstić information content (AvgIpc) is 3.26. The lowest BCUT2D eigenvalue weighted by Gasteiger charge is -2.19. The largest absolute Gasteiger partial charge is 0.478 e. The molecule has 7 heteroatoms. The summed E-state index contributed by atoms with van der Waals surface area (Å²) in [7, 11) is 0. The smallest absolute Gasteiger partial charge is 0.337 e. The van der Waals surface area contributed by atoms with Gasteiger partial charge in [0.1, 0.15) is 11.4 Å². The van der Waals surface area contributed by atoms with Crippen molar-refractivity contribution in [3.05, 3.63) is 105 Å². The normalized spacial score (nSPS) is 12.7. The topological polar surface area (TPSA) is 82.8 Å². The van der Waals surface area contributed by atoms with Crippen LogP contribution in [0.25, 0.3) is 11.0 Å². The zero-order chi connectivity index (χ0) is 23.8. The summed E-state index contributed by atoms with van der Waals surface area (Å²) < 4.78 is 20.7. The number of carboxylic acid groups (broad SMARTS) is 1. The van der Waals surface area contributed by atoms with E-state index in [1.54, 1.807) is 25.1 Å². The number of hydrogen-bond acceptors (Lipinski definition) is 5. The van der Waals surface area contributed by atoms with Gasteiger partial charge in [0.15, 0.2) is 5.43 Å². The van der Waals surface area contributed by atoms with E-state index in [9.17, 15) is 19.1 Å². The van der Waals surface area contributed by atoms with Crippen LogP contribution in [0.1, 0.15) is 32.6 Å². The Labute approximate surface area is 195 Å². The predicted octanol–water partition coefficient (Wildman–Crippen LogP) is 5.11. The van der Waals surface area contributed by atoms with Crippen LogP contribution < -0.4 is 15.6 Å². The molecule has 1 aliphatic heterocycles. The van der Waals surface area contributed by atoms with Crippen molar-refractivity contribution in [3.63, 3.8) is 0 Å². The van der Waals surface area contributed by atoms with Crippen LogP contribution in [0.2, 0.25) is 0 Å². The van der Waals surface area contributed by atoms with Crippen LogP contribution in [0.3, 0.4) is 0 Å². The molecule has 1 aliphatic rings. The minimum Gasteiger partial charge on any atom is -0.478 e. The molecule has 6 nitrogen and oxygen atoms in total. The molecular formula is C27H23FN2O4. The Morgan fingerprint density at radius 1 is 1.09 bits per heavy atom. The van der Waals surface area contributed by atoms with Gasteiger partial charge in [-0.2, -0.15) is 0 Å². The number of nitrogens with zero attached hydrogens (tertiary/aromatic N) is 1. The fourth-order valence-corrected chi connectivity index (χ4v) is 4.53. The Hall–Kier alpha value is -4.13. The molecule has 3 aromatic carbocycles. The highest BCUT2D eigenvalue weighted by molar-refractivity contribution is 5.94. The van der Waals surface area contributed by atoms with Gasteiger partial charge in [0.05, 0.1) is 16.5 Å². The second kappa shape index (κ2) is 8.67. The lowest BCUT2D eigenvalue weighted by Crippen LogP contribution is -2.20. The molecule has 1 aromatic heterocycles. The van der Waals surface area contributed by atoms with Crippen molar-refractivity contribution in [1.29, 1.82) is 0 Å². The van der Waals surface area contributed by atoms with E-state index >= 15 is 0 Å². The van der Waals surface area contributed by atoms with Crippen LogP contribution >= 0.6 is 0 Å². The zero-order valence-corrected chi connectivity index (χ0v) is 18.6. The molecule has 34 heavy (non-hydrogen) atoms. The van der Waals surface area contributed by atoms with Crippen LogP contribution in [-0.4, -0.2) is 17.6 Å². The molecule has 4 aromatic rings. The molecule has 0 radical (unpaired) electrons. The highest BCUT2D eigenvalue weighted by atomic mass is 19.1. The van der Waals surface area contributed by atoms with Gasteiger partial charge in [-0.15, -0.1) is 0 Å². The van der Waals surface area contributed by atoms with Crippen molar-refractivity contribution in [1.82, 2.24) is 0 Å². The molecule has 0 amide bonds. The number of rotatable bonds is 6. The summed E-state index contributed by atoms with van der Waals surface area (Å²) in [6, 6.07) is 17.3. The highest BCUT2D eigenvalue weighted by Gasteiger charge is 2.25. The van der Waals surface area contributed by atoms with Gasteiger partial charge < -0.3 is 19.7 Å². The standard InChI is InChI=1S/C27H23FN2O4/c1-16-24(31)22-13-20(28)12-17(10-11-29-23-9-5-4-8-21(23)27(32)33)25(22)34-26(16)30-14-18-6-2-3-7-19(18)15-30/h2-9,12-13,29H,10-11,14-15H2,1H3,(H,32,33). The molecule has 0 unspecified atom stereocenters. The number of para-hydroxylation sites is 1. The third-order valence-electron chi connectivity index (χ3n) is 6.23. The Morgan fingerprint density at radius 2 is 1.76 bits per heavy atom. The van der Waals surface area contributed by atoms with Crippen LogP contribution in [0, 0.1) is 12.7 Å². The molecule has 0 fully saturated rings. The maximum absolute atomic E-state index is 14.4. The second-order valence-electron chi connectivity index (χ2n) is 8.46. The van der Waals surface area contributed by atoms with Crippen LogP contribution in [0.15, 0.2) is 69.9 Å². The first kappa shape index (κ1) is 21.7. The maximum Gasteiger partial charge on any atom is 0.337 e. The molecule has 0 atom stereocenters. The Bertz CT molecular complexity index is 1450. The van der Waals surface area contributed by atoms with Crippen LogP contribution in [0.5, 0.6) is 0 Å². The molecule has 0 aliphatic carbocycles. The number of benzene rings is 3. The van der Waals surface area contributed by atoms with E-state index in [1.165, 1.54) is 29.3 Å². The van der Waals surface area contributed by atoms with Crippen molar-refractivity contribution < 1.29 is 18.7 Å². The first-order chi connectivity index (χ1) is 16.4. The first-order valence-electron chi connectivity index (χ1n) is 11.1. The fraction of sp³-hybridized carbons (Fsp3) is 0.185. The van der Waals surface area contributed by atoms with Crippen molar-refractivity contribution in [3.8, 4) is 0 Å². The highest BCUT2D eigenvalue weighted by Crippen LogP contribution is 2.32. The average molecular weight is 458 g/mol. The SMILES string of the molecule is Cc1c(N2Cc3ccccc3C2)oc2c(CCNc3ccccc3C(=O)O)cc(F)cc2c1=O. The van der Waals surface area contributed by atoms with E-state index < -0.39 is 11.8 Å². The Balaban J connectivity index is 1.48. The number of fused-ring (bicyclic) bond motifs is 2. The first-order valence-corrected chi connectivity index (χ1v) is 11.1. The fourth-order valence-electron chi connectivity index (χ4n) is 4.53. The van der Waals surface area contributed by atoms with Crippen molar-refractivity contribution in [2.75, 3.05) is 16.8 Å². The molecule has 0 spiro atoms. The summed E-state index contributed by atoms with van der Waals surface area (Å²) in [5, 5.41) is 12.7.